The molecule has 0 saturated heterocycles. The molecule has 0 radical (unpaired) electrons. The number of aliphatic hydroxyl groups is 1. The monoisotopic (exact) mass is 513 g/mol. The van der Waals surface area contributed by atoms with Crippen LogP contribution in [-0.2, 0) is 10.0 Å². The molecule has 3 N–H and O–H groups in total. The molecule has 0 saturated carbocycles. The van der Waals surface area contributed by atoms with Gasteiger partial charge in [-0.3, -0.25) is 4.72 Å². The van der Waals surface area contributed by atoms with Gasteiger partial charge in [0, 0.05) is 11.6 Å². The molecule has 0 aromatic heterocycles. The first-order chi connectivity index (χ1) is 16.1. The summed E-state index contributed by atoms with van der Waals surface area (Å²) in [5.74, 6) is -3.25. The highest BCUT2D eigenvalue weighted by Crippen LogP contribution is 2.37. The highest BCUT2D eigenvalue weighted by molar-refractivity contribution is 7.92. The number of hydrogen-bond acceptors (Lipinski definition) is 6. The van der Waals surface area contributed by atoms with Gasteiger partial charge in [-0.05, 0) is 42.0 Å². The number of aliphatic hydroxyl groups excluding tert-OH is 1. The number of rotatable bonds is 9. The summed E-state index contributed by atoms with van der Waals surface area (Å²) in [7, 11) is -3.43. The van der Waals surface area contributed by atoms with E-state index in [1.54, 1.807) is 0 Å². The van der Waals surface area contributed by atoms with Gasteiger partial charge >= 0.3 is 5.97 Å². The molecule has 0 fully saturated rings. The highest BCUT2D eigenvalue weighted by Gasteiger charge is 2.26. The molecule has 180 valence electrons. The number of anilines is 1. The van der Waals surface area contributed by atoms with Crippen LogP contribution in [0.15, 0.2) is 53.4 Å². The van der Waals surface area contributed by atoms with Crippen molar-refractivity contribution in [2.24, 2.45) is 0 Å². The summed E-state index contributed by atoms with van der Waals surface area (Å²) in [6.45, 7) is -0.457. The number of benzene rings is 3. The fourth-order valence-corrected chi connectivity index (χ4v) is 4.70. The number of carboxylic acids is 1. The zero-order valence-electron chi connectivity index (χ0n) is 17.5. The molecule has 0 aliphatic heterocycles. The first-order valence-electron chi connectivity index (χ1n) is 9.54. The average Bonchev–Trinajstić information content (AvgIpc) is 2.78. The maximum Gasteiger partial charge on any atom is 0.335 e. The van der Waals surface area contributed by atoms with E-state index in [1.807, 2.05) is 0 Å². The van der Waals surface area contributed by atoms with Crippen LogP contribution in [0, 0.1) is 11.6 Å². The molecule has 3 aromatic carbocycles. The molecule has 0 atom stereocenters. The molecule has 0 unspecified atom stereocenters. The number of carboxylic acid groups (broad SMARTS) is 1. The SMILES string of the molecule is COc1c(Cl)cc(C(=O)O)cc1S(=O)(=O)Nc1cc(-c2ccc(F)cc2OCCO)ccc1F. The molecule has 0 aliphatic carbocycles. The zero-order valence-corrected chi connectivity index (χ0v) is 19.1. The lowest BCUT2D eigenvalue weighted by atomic mass is 10.0. The summed E-state index contributed by atoms with van der Waals surface area (Å²) in [5, 5.41) is 18.0. The second-order valence-corrected chi connectivity index (χ2v) is 8.87. The van der Waals surface area contributed by atoms with Crippen LogP contribution in [0.1, 0.15) is 10.4 Å². The summed E-state index contributed by atoms with van der Waals surface area (Å²) < 4.78 is 66.8. The van der Waals surface area contributed by atoms with Gasteiger partial charge in [-0.15, -0.1) is 0 Å². The van der Waals surface area contributed by atoms with Crippen LogP contribution in [0.5, 0.6) is 11.5 Å². The third-order valence-corrected chi connectivity index (χ3v) is 6.22. The van der Waals surface area contributed by atoms with Crippen molar-refractivity contribution in [2.45, 2.75) is 4.90 Å². The Morgan fingerprint density at radius 3 is 2.50 bits per heavy atom. The van der Waals surface area contributed by atoms with Crippen molar-refractivity contribution in [3.63, 3.8) is 0 Å². The van der Waals surface area contributed by atoms with Gasteiger partial charge in [0.1, 0.15) is 28.9 Å². The Labute approximate surface area is 198 Å². The van der Waals surface area contributed by atoms with Gasteiger partial charge < -0.3 is 19.7 Å². The minimum Gasteiger partial charge on any atom is -0.494 e. The molecule has 3 aromatic rings. The first kappa shape index (κ1) is 25.2. The van der Waals surface area contributed by atoms with E-state index in [9.17, 15) is 27.1 Å². The number of aromatic carboxylic acids is 1. The average molecular weight is 514 g/mol. The largest absolute Gasteiger partial charge is 0.494 e. The zero-order chi connectivity index (χ0) is 25.0. The number of nitrogens with one attached hydrogen (secondary N) is 1. The fraction of sp³-hybridized carbons (Fsp3) is 0.136. The Morgan fingerprint density at radius 2 is 1.85 bits per heavy atom. The molecule has 0 bridgehead atoms. The summed E-state index contributed by atoms with van der Waals surface area (Å²) in [6, 6.07) is 8.89. The maximum atomic E-state index is 14.6. The maximum absolute atomic E-state index is 14.6. The number of ether oxygens (including phenoxy) is 2. The Kier molecular flexibility index (Phi) is 7.60. The topological polar surface area (TPSA) is 122 Å². The van der Waals surface area contributed by atoms with E-state index in [2.05, 4.69) is 4.72 Å². The van der Waals surface area contributed by atoms with E-state index < -0.39 is 43.8 Å². The third-order valence-electron chi connectivity index (χ3n) is 4.56. The Bertz CT molecular complexity index is 1350. The van der Waals surface area contributed by atoms with E-state index in [4.69, 9.17) is 26.2 Å². The fourth-order valence-electron chi connectivity index (χ4n) is 3.07. The van der Waals surface area contributed by atoms with Crippen molar-refractivity contribution in [2.75, 3.05) is 25.0 Å². The van der Waals surface area contributed by atoms with Gasteiger partial charge in [0.2, 0.25) is 0 Å². The molecule has 0 aliphatic rings. The van der Waals surface area contributed by atoms with Crippen molar-refractivity contribution in [3.8, 4) is 22.6 Å². The molecular formula is C22H18ClF2NO7S. The molecule has 0 amide bonds. The summed E-state index contributed by atoms with van der Waals surface area (Å²) in [6.07, 6.45) is 0. The lowest BCUT2D eigenvalue weighted by Gasteiger charge is -2.16. The van der Waals surface area contributed by atoms with Crippen LogP contribution in [0.3, 0.4) is 0 Å². The van der Waals surface area contributed by atoms with Crippen molar-refractivity contribution in [1.82, 2.24) is 0 Å². The number of sulfonamides is 1. The minimum absolute atomic E-state index is 0.0528. The highest BCUT2D eigenvalue weighted by atomic mass is 35.5. The first-order valence-corrected chi connectivity index (χ1v) is 11.4. The normalized spacial score (nSPS) is 11.2. The van der Waals surface area contributed by atoms with Crippen molar-refractivity contribution in [1.29, 1.82) is 0 Å². The molecule has 12 heteroatoms. The van der Waals surface area contributed by atoms with Gasteiger partial charge in [-0.25, -0.2) is 22.0 Å². The smallest absolute Gasteiger partial charge is 0.335 e. The Balaban J connectivity index is 2.07. The summed E-state index contributed by atoms with van der Waals surface area (Å²) >= 11 is 5.98. The van der Waals surface area contributed by atoms with Gasteiger partial charge in [0.25, 0.3) is 10.0 Å². The standard InChI is InChI=1S/C22H18ClF2NO7S/c1-32-21-16(23)8-13(22(28)29)10-20(21)34(30,31)26-18-9-12(2-5-17(18)25)15-4-3-14(24)11-19(15)33-7-6-27/h2-5,8-11,26-27H,6-7H2,1H3,(H,28,29). The van der Waals surface area contributed by atoms with Gasteiger partial charge in [0.05, 0.1) is 30.0 Å². The van der Waals surface area contributed by atoms with Crippen molar-refractivity contribution < 1.29 is 41.7 Å². The predicted octanol–water partition coefficient (Wildman–Crippen LogP) is 4.16. The molecule has 34 heavy (non-hydrogen) atoms. The van der Waals surface area contributed by atoms with Crippen LogP contribution in [-0.4, -0.2) is 44.9 Å². The number of hydrogen-bond donors (Lipinski definition) is 3. The number of methoxy groups -OCH3 is 1. The lowest BCUT2D eigenvalue weighted by molar-refractivity contribution is 0.0696. The second-order valence-electron chi connectivity index (χ2n) is 6.81. The molecule has 3 rings (SSSR count). The van der Waals surface area contributed by atoms with E-state index in [1.165, 1.54) is 12.1 Å². The van der Waals surface area contributed by atoms with E-state index >= 15 is 0 Å². The summed E-state index contributed by atoms with van der Waals surface area (Å²) in [5.41, 5.74) is -0.314. The number of halogens is 3. The van der Waals surface area contributed by atoms with Crippen molar-refractivity contribution >= 4 is 33.3 Å². The van der Waals surface area contributed by atoms with Crippen molar-refractivity contribution in [3.05, 3.63) is 70.8 Å². The van der Waals surface area contributed by atoms with Gasteiger partial charge in [0.15, 0.2) is 5.75 Å². The molecule has 8 nitrogen and oxygen atoms in total. The molecule has 0 spiro atoms. The second kappa shape index (κ2) is 10.2. The lowest BCUT2D eigenvalue weighted by Crippen LogP contribution is -2.16. The number of carbonyl (C=O) groups is 1. The van der Waals surface area contributed by atoms with E-state index in [-0.39, 0.29) is 35.3 Å². The van der Waals surface area contributed by atoms with Crippen LogP contribution in [0.4, 0.5) is 14.5 Å². The Hall–Kier alpha value is -3.41. The predicted molar refractivity (Wildman–Crippen MR) is 120 cm³/mol. The van der Waals surface area contributed by atoms with Crippen LogP contribution >= 0.6 is 11.6 Å². The van der Waals surface area contributed by atoms with E-state index in [0.717, 1.165) is 43.5 Å². The quantitative estimate of drug-likeness (QED) is 0.392. The van der Waals surface area contributed by atoms with Gasteiger partial charge in [-0.1, -0.05) is 17.7 Å². The third kappa shape index (κ3) is 5.38. The van der Waals surface area contributed by atoms with Crippen LogP contribution in [0.2, 0.25) is 5.02 Å². The van der Waals surface area contributed by atoms with Crippen LogP contribution in [0.25, 0.3) is 11.1 Å². The minimum atomic E-state index is -4.57. The van der Waals surface area contributed by atoms with E-state index in [0.29, 0.717) is 5.56 Å². The molecular weight excluding hydrogens is 496 g/mol. The van der Waals surface area contributed by atoms with Crippen LogP contribution < -0.4 is 14.2 Å². The molecule has 0 heterocycles. The van der Waals surface area contributed by atoms with Gasteiger partial charge in [-0.2, -0.15) is 0 Å². The Morgan fingerprint density at radius 1 is 1.12 bits per heavy atom. The summed E-state index contributed by atoms with van der Waals surface area (Å²) in [4.78, 5) is 10.7.